The van der Waals surface area contributed by atoms with E-state index in [2.05, 4.69) is 0 Å². The second-order valence-corrected chi connectivity index (χ2v) is 6.89. The minimum atomic E-state index is -1.59. The van der Waals surface area contributed by atoms with Gasteiger partial charge in [0.2, 0.25) is 11.8 Å². The number of hydrogen-bond acceptors (Lipinski definition) is 4. The van der Waals surface area contributed by atoms with Crippen LogP contribution in [0.5, 0.6) is 0 Å². The first-order valence-corrected chi connectivity index (χ1v) is 8.86. The maximum Gasteiger partial charge on any atom is 0.334 e. The second kappa shape index (κ2) is 9.00. The summed E-state index contributed by atoms with van der Waals surface area (Å²) in [5, 5.41) is 19.3. The summed E-state index contributed by atoms with van der Waals surface area (Å²) in [5.74, 6) is -1.82. The fourth-order valence-electron chi connectivity index (χ4n) is 3.10. The third kappa shape index (κ3) is 5.19. The number of aliphatic hydroxyl groups excluding tert-OH is 1. The third-order valence-corrected chi connectivity index (χ3v) is 4.80. The van der Waals surface area contributed by atoms with E-state index < -0.39 is 18.1 Å². The standard InChI is InChI=1S/C18H23ClN2O5/c1-20(11-12-4-6-13(19)7-5-12)15(22)8-9-16(23)21-10-2-3-14(21)17(24)18(25)26/h4-7,14,17,24H,2-3,8-11H2,1H3,(H,25,26)/t14-,17?/m0/s1. The average molecular weight is 383 g/mol. The molecule has 0 aliphatic carbocycles. The Kier molecular flexibility index (Phi) is 6.99. The van der Waals surface area contributed by atoms with Gasteiger partial charge in [-0.1, -0.05) is 23.7 Å². The van der Waals surface area contributed by atoms with Crippen LogP contribution in [0, 0.1) is 0 Å². The predicted octanol–water partition coefficient (Wildman–Crippen LogP) is 1.52. The summed E-state index contributed by atoms with van der Waals surface area (Å²) < 4.78 is 0. The van der Waals surface area contributed by atoms with Gasteiger partial charge in [0.15, 0.2) is 6.10 Å². The van der Waals surface area contributed by atoms with Crippen LogP contribution in [0.1, 0.15) is 31.2 Å². The van der Waals surface area contributed by atoms with Crippen molar-refractivity contribution in [2.75, 3.05) is 13.6 Å². The third-order valence-electron chi connectivity index (χ3n) is 4.55. The molecule has 1 aromatic carbocycles. The minimum Gasteiger partial charge on any atom is -0.479 e. The van der Waals surface area contributed by atoms with Crippen molar-refractivity contribution >= 4 is 29.4 Å². The normalized spacial score (nSPS) is 17.8. The van der Waals surface area contributed by atoms with Crippen molar-refractivity contribution in [1.82, 2.24) is 9.80 Å². The fourth-order valence-corrected chi connectivity index (χ4v) is 3.22. The van der Waals surface area contributed by atoms with Crippen molar-refractivity contribution in [3.8, 4) is 0 Å². The summed E-state index contributed by atoms with van der Waals surface area (Å²) in [7, 11) is 1.66. The smallest absolute Gasteiger partial charge is 0.334 e. The van der Waals surface area contributed by atoms with E-state index in [9.17, 15) is 19.5 Å². The minimum absolute atomic E-state index is 0.00731. The molecule has 1 fully saturated rings. The van der Waals surface area contributed by atoms with E-state index in [1.165, 1.54) is 9.80 Å². The molecule has 8 heteroatoms. The van der Waals surface area contributed by atoms with Crippen molar-refractivity contribution in [1.29, 1.82) is 0 Å². The molecule has 142 valence electrons. The second-order valence-electron chi connectivity index (χ2n) is 6.46. The summed E-state index contributed by atoms with van der Waals surface area (Å²) in [6.07, 6.45) is -0.471. The number of amides is 2. The van der Waals surface area contributed by atoms with Gasteiger partial charge < -0.3 is 20.0 Å². The first-order chi connectivity index (χ1) is 12.3. The largest absolute Gasteiger partial charge is 0.479 e. The summed E-state index contributed by atoms with van der Waals surface area (Å²) in [5.41, 5.74) is 0.931. The Morgan fingerprint density at radius 1 is 1.27 bits per heavy atom. The number of halogens is 1. The van der Waals surface area contributed by atoms with Gasteiger partial charge in [-0.15, -0.1) is 0 Å². The van der Waals surface area contributed by atoms with Gasteiger partial charge in [-0.3, -0.25) is 9.59 Å². The van der Waals surface area contributed by atoms with E-state index in [1.807, 2.05) is 12.1 Å². The highest BCUT2D eigenvalue weighted by Crippen LogP contribution is 2.22. The first-order valence-electron chi connectivity index (χ1n) is 8.48. The van der Waals surface area contributed by atoms with E-state index >= 15 is 0 Å². The number of nitrogens with zero attached hydrogens (tertiary/aromatic N) is 2. The Bertz CT molecular complexity index is 664. The Morgan fingerprint density at radius 3 is 2.54 bits per heavy atom. The van der Waals surface area contributed by atoms with Crippen LogP contribution >= 0.6 is 11.6 Å². The van der Waals surface area contributed by atoms with Crippen LogP contribution in [-0.2, 0) is 20.9 Å². The lowest BCUT2D eigenvalue weighted by atomic mass is 10.1. The van der Waals surface area contributed by atoms with Crippen molar-refractivity contribution in [2.45, 2.75) is 44.4 Å². The Balaban J connectivity index is 1.84. The van der Waals surface area contributed by atoms with E-state index in [4.69, 9.17) is 16.7 Å². The Labute approximate surface area is 157 Å². The molecule has 1 aromatic rings. The van der Waals surface area contributed by atoms with Gasteiger partial charge in [-0.25, -0.2) is 4.79 Å². The van der Waals surface area contributed by atoms with Crippen LogP contribution in [0.4, 0.5) is 0 Å². The van der Waals surface area contributed by atoms with E-state index in [-0.39, 0.29) is 24.7 Å². The molecule has 2 N–H and O–H groups in total. The topological polar surface area (TPSA) is 98.2 Å². The molecule has 0 aromatic heterocycles. The molecule has 7 nitrogen and oxygen atoms in total. The summed E-state index contributed by atoms with van der Waals surface area (Å²) in [6.45, 7) is 0.816. The lowest BCUT2D eigenvalue weighted by Crippen LogP contribution is -2.46. The molecule has 2 atom stereocenters. The molecule has 1 aliphatic rings. The number of carboxylic acid groups (broad SMARTS) is 1. The Morgan fingerprint density at radius 2 is 1.92 bits per heavy atom. The first kappa shape index (κ1) is 20.2. The molecule has 0 bridgehead atoms. The molecule has 1 heterocycles. The Hall–Kier alpha value is -2.12. The molecule has 1 unspecified atom stereocenters. The molecule has 2 rings (SSSR count). The molecular formula is C18H23ClN2O5. The van der Waals surface area contributed by atoms with Crippen LogP contribution in [-0.4, -0.2) is 63.5 Å². The van der Waals surface area contributed by atoms with Gasteiger partial charge in [0.25, 0.3) is 0 Å². The highest BCUT2D eigenvalue weighted by molar-refractivity contribution is 6.30. The molecule has 2 amide bonds. The number of rotatable bonds is 7. The summed E-state index contributed by atoms with van der Waals surface area (Å²) in [6, 6.07) is 6.44. The lowest BCUT2D eigenvalue weighted by Gasteiger charge is -2.27. The number of hydrogen-bond donors (Lipinski definition) is 2. The van der Waals surface area contributed by atoms with E-state index in [1.54, 1.807) is 19.2 Å². The number of carboxylic acids is 1. The zero-order valence-electron chi connectivity index (χ0n) is 14.6. The summed E-state index contributed by atoms with van der Waals surface area (Å²) >= 11 is 5.83. The number of carbonyl (C=O) groups is 3. The number of likely N-dealkylation sites (tertiary alicyclic amines) is 1. The van der Waals surface area contributed by atoms with Crippen molar-refractivity contribution in [3.63, 3.8) is 0 Å². The van der Waals surface area contributed by atoms with Crippen molar-refractivity contribution in [2.24, 2.45) is 0 Å². The van der Waals surface area contributed by atoms with Gasteiger partial charge in [0.05, 0.1) is 6.04 Å². The van der Waals surface area contributed by atoms with Gasteiger partial charge >= 0.3 is 5.97 Å². The van der Waals surface area contributed by atoms with Crippen molar-refractivity contribution in [3.05, 3.63) is 34.9 Å². The maximum absolute atomic E-state index is 12.3. The van der Waals surface area contributed by atoms with Gasteiger partial charge in [-0.2, -0.15) is 0 Å². The van der Waals surface area contributed by atoms with Gasteiger partial charge in [0.1, 0.15) is 0 Å². The van der Waals surface area contributed by atoms with Gasteiger partial charge in [0, 0.05) is 38.0 Å². The molecule has 0 spiro atoms. The maximum atomic E-state index is 12.3. The van der Waals surface area contributed by atoms with Gasteiger partial charge in [-0.05, 0) is 30.5 Å². The molecule has 1 aliphatic heterocycles. The predicted molar refractivity (Wildman–Crippen MR) is 95.5 cm³/mol. The zero-order chi connectivity index (χ0) is 19.3. The highest BCUT2D eigenvalue weighted by atomic mass is 35.5. The highest BCUT2D eigenvalue weighted by Gasteiger charge is 2.37. The lowest BCUT2D eigenvalue weighted by molar-refractivity contribution is -0.152. The van der Waals surface area contributed by atoms with E-state index in [0.717, 1.165) is 5.56 Å². The molecule has 26 heavy (non-hydrogen) atoms. The number of benzene rings is 1. The number of aliphatic hydroxyl groups is 1. The zero-order valence-corrected chi connectivity index (χ0v) is 15.4. The fraction of sp³-hybridized carbons (Fsp3) is 0.500. The molecule has 1 saturated heterocycles. The quantitative estimate of drug-likeness (QED) is 0.745. The molecule has 0 saturated carbocycles. The molecule has 0 radical (unpaired) electrons. The van der Waals surface area contributed by atoms with Crippen LogP contribution in [0.15, 0.2) is 24.3 Å². The number of carbonyl (C=O) groups excluding carboxylic acids is 2. The van der Waals surface area contributed by atoms with Crippen LogP contribution in [0.2, 0.25) is 5.02 Å². The van der Waals surface area contributed by atoms with Crippen LogP contribution in [0.25, 0.3) is 0 Å². The molecular weight excluding hydrogens is 360 g/mol. The average Bonchev–Trinajstić information content (AvgIpc) is 3.10. The van der Waals surface area contributed by atoms with Crippen molar-refractivity contribution < 1.29 is 24.6 Å². The van der Waals surface area contributed by atoms with E-state index in [0.29, 0.717) is 31.0 Å². The summed E-state index contributed by atoms with van der Waals surface area (Å²) in [4.78, 5) is 38.4. The van der Waals surface area contributed by atoms with Crippen LogP contribution < -0.4 is 0 Å². The monoisotopic (exact) mass is 382 g/mol. The van der Waals surface area contributed by atoms with Crippen LogP contribution in [0.3, 0.4) is 0 Å². The number of aliphatic carboxylic acids is 1. The SMILES string of the molecule is CN(Cc1ccc(Cl)cc1)C(=O)CCC(=O)N1CCC[C@H]1C(O)C(=O)O.